The van der Waals surface area contributed by atoms with Crippen molar-refractivity contribution in [2.24, 2.45) is 0 Å². The third kappa shape index (κ3) is 3.42. The maximum absolute atomic E-state index is 8.49. The minimum atomic E-state index is 0.233. The van der Waals surface area contributed by atoms with Crippen LogP contribution in [0.3, 0.4) is 0 Å². The molecule has 0 amide bonds. The number of nitrogens with zero attached hydrogens (tertiary/aromatic N) is 1. The fourth-order valence-electron chi connectivity index (χ4n) is 0.588. The maximum Gasteiger partial charge on any atom is 0.183 e. The van der Waals surface area contributed by atoms with Gasteiger partial charge in [-0.1, -0.05) is 11.6 Å². The van der Waals surface area contributed by atoms with E-state index in [1.807, 2.05) is 0 Å². The van der Waals surface area contributed by atoms with Crippen LogP contribution in [0, 0.1) is 0 Å². The molecule has 0 aromatic carbocycles. The van der Waals surface area contributed by atoms with E-state index in [2.05, 4.69) is 4.98 Å². The number of aliphatic hydroxyl groups excluding tert-OH is 1. The summed E-state index contributed by atoms with van der Waals surface area (Å²) in [6.45, 7) is 0.233. The molecule has 2 nitrogen and oxygen atoms in total. The Balaban J connectivity index is 2.27. The van der Waals surface area contributed by atoms with Gasteiger partial charge in [0, 0.05) is 22.6 Å². The summed E-state index contributed by atoms with van der Waals surface area (Å²) in [6.07, 6.45) is 1.78. The van der Waals surface area contributed by atoms with Crippen molar-refractivity contribution in [2.45, 2.75) is 5.75 Å². The highest BCUT2D eigenvalue weighted by atomic mass is 35.5. The van der Waals surface area contributed by atoms with Gasteiger partial charge < -0.3 is 5.11 Å². The first kappa shape index (κ1) is 9.32. The van der Waals surface area contributed by atoms with Crippen LogP contribution in [0.15, 0.2) is 6.20 Å². The number of aliphatic hydroxyl groups is 1. The lowest BCUT2D eigenvalue weighted by Crippen LogP contribution is -1.85. The zero-order chi connectivity index (χ0) is 8.10. The van der Waals surface area contributed by atoms with Crippen molar-refractivity contribution in [1.82, 2.24) is 4.98 Å². The molecule has 62 valence electrons. The molecule has 1 rings (SSSR count). The van der Waals surface area contributed by atoms with Crippen LogP contribution >= 0.6 is 34.7 Å². The molecule has 1 aromatic rings. The monoisotopic (exact) mass is 209 g/mol. The maximum atomic E-state index is 8.49. The summed E-state index contributed by atoms with van der Waals surface area (Å²) in [4.78, 5) is 5.06. The Morgan fingerprint density at radius 3 is 3.09 bits per heavy atom. The van der Waals surface area contributed by atoms with Crippen LogP contribution in [-0.4, -0.2) is 22.5 Å². The molecule has 0 saturated carbocycles. The predicted molar refractivity (Wildman–Crippen MR) is 50.4 cm³/mol. The fraction of sp³-hybridized carbons (Fsp3) is 0.500. The lowest BCUT2D eigenvalue weighted by Gasteiger charge is -1.92. The molecule has 0 fully saturated rings. The third-order valence-corrected chi connectivity index (χ3v) is 3.29. The van der Waals surface area contributed by atoms with E-state index in [4.69, 9.17) is 16.7 Å². The molecule has 0 atom stereocenters. The van der Waals surface area contributed by atoms with Crippen LogP contribution in [0.4, 0.5) is 0 Å². The lowest BCUT2D eigenvalue weighted by molar-refractivity contribution is 0.322. The van der Waals surface area contributed by atoms with Crippen LogP contribution in [0.1, 0.15) is 4.88 Å². The molecular formula is C6H8ClNOS2. The lowest BCUT2D eigenvalue weighted by atomic mass is 10.6. The van der Waals surface area contributed by atoms with E-state index >= 15 is 0 Å². The quantitative estimate of drug-likeness (QED) is 0.771. The Kier molecular flexibility index (Phi) is 4.22. The van der Waals surface area contributed by atoms with Crippen molar-refractivity contribution in [1.29, 1.82) is 0 Å². The molecule has 5 heteroatoms. The van der Waals surface area contributed by atoms with Gasteiger partial charge in [-0.2, -0.15) is 11.8 Å². The van der Waals surface area contributed by atoms with E-state index in [1.165, 1.54) is 11.3 Å². The molecule has 0 aliphatic heterocycles. The average Bonchev–Trinajstić information content (AvgIpc) is 2.37. The first-order valence-corrected chi connectivity index (χ1v) is 5.46. The highest BCUT2D eigenvalue weighted by Crippen LogP contribution is 2.21. The fourth-order valence-corrected chi connectivity index (χ4v) is 2.40. The van der Waals surface area contributed by atoms with Crippen LogP contribution in [-0.2, 0) is 5.75 Å². The summed E-state index contributed by atoms with van der Waals surface area (Å²) in [5.74, 6) is 1.67. The number of rotatable bonds is 4. The minimum absolute atomic E-state index is 0.233. The first-order valence-electron chi connectivity index (χ1n) is 3.11. The van der Waals surface area contributed by atoms with E-state index in [0.29, 0.717) is 4.47 Å². The molecule has 0 saturated heterocycles. The van der Waals surface area contributed by atoms with Crippen molar-refractivity contribution < 1.29 is 5.11 Å². The second-order valence-electron chi connectivity index (χ2n) is 1.86. The van der Waals surface area contributed by atoms with Gasteiger partial charge in [0.25, 0.3) is 0 Å². The zero-order valence-corrected chi connectivity index (χ0v) is 8.18. The molecule has 0 spiro atoms. The van der Waals surface area contributed by atoms with E-state index in [-0.39, 0.29) is 6.61 Å². The number of hydrogen-bond acceptors (Lipinski definition) is 4. The highest BCUT2D eigenvalue weighted by molar-refractivity contribution is 7.98. The van der Waals surface area contributed by atoms with Crippen LogP contribution in [0.5, 0.6) is 0 Å². The van der Waals surface area contributed by atoms with Crippen molar-refractivity contribution in [3.05, 3.63) is 15.5 Å². The summed E-state index contributed by atoms with van der Waals surface area (Å²) in [6, 6.07) is 0. The molecule has 0 aliphatic rings. The third-order valence-electron chi connectivity index (χ3n) is 1.01. The number of thiazole rings is 1. The van der Waals surface area contributed by atoms with Gasteiger partial charge in [-0.25, -0.2) is 4.98 Å². The highest BCUT2D eigenvalue weighted by Gasteiger charge is 1.98. The smallest absolute Gasteiger partial charge is 0.183 e. The van der Waals surface area contributed by atoms with Gasteiger partial charge in [-0.15, -0.1) is 11.3 Å². The summed E-state index contributed by atoms with van der Waals surface area (Å²) in [7, 11) is 0. The Morgan fingerprint density at radius 2 is 2.55 bits per heavy atom. The SMILES string of the molecule is OCCSCc1cnc(Cl)s1. The molecule has 0 bridgehead atoms. The van der Waals surface area contributed by atoms with Gasteiger partial charge in [0.05, 0.1) is 6.61 Å². The van der Waals surface area contributed by atoms with Crippen molar-refractivity contribution in [2.75, 3.05) is 12.4 Å². The molecule has 11 heavy (non-hydrogen) atoms. The molecular weight excluding hydrogens is 202 g/mol. The predicted octanol–water partition coefficient (Wildman–Crippen LogP) is 2.02. The van der Waals surface area contributed by atoms with Crippen molar-refractivity contribution in [3.8, 4) is 0 Å². The standard InChI is InChI=1S/C6H8ClNOS2/c7-6-8-3-5(11-6)4-10-2-1-9/h3,9H,1-2,4H2. The van der Waals surface area contributed by atoms with Crippen LogP contribution < -0.4 is 0 Å². The summed E-state index contributed by atoms with van der Waals surface area (Å²) >= 11 is 8.79. The second kappa shape index (κ2) is 4.98. The van der Waals surface area contributed by atoms with E-state index in [0.717, 1.165) is 16.4 Å². The summed E-state index contributed by atoms with van der Waals surface area (Å²) in [5, 5.41) is 8.49. The summed E-state index contributed by atoms with van der Waals surface area (Å²) in [5.41, 5.74) is 0. The molecule has 1 aromatic heterocycles. The summed E-state index contributed by atoms with van der Waals surface area (Å²) < 4.78 is 0.588. The molecule has 1 heterocycles. The largest absolute Gasteiger partial charge is 0.396 e. The number of hydrogen-bond donors (Lipinski definition) is 1. The van der Waals surface area contributed by atoms with Crippen molar-refractivity contribution in [3.63, 3.8) is 0 Å². The van der Waals surface area contributed by atoms with Gasteiger partial charge in [0.1, 0.15) is 0 Å². The van der Waals surface area contributed by atoms with Gasteiger partial charge in [-0.3, -0.25) is 0 Å². The Bertz CT molecular complexity index is 216. The zero-order valence-electron chi connectivity index (χ0n) is 5.79. The average molecular weight is 210 g/mol. The van der Waals surface area contributed by atoms with E-state index in [1.54, 1.807) is 18.0 Å². The van der Waals surface area contributed by atoms with Crippen molar-refractivity contribution >= 4 is 34.7 Å². The van der Waals surface area contributed by atoms with E-state index < -0.39 is 0 Å². The van der Waals surface area contributed by atoms with Gasteiger partial charge in [0.15, 0.2) is 4.47 Å². The first-order chi connectivity index (χ1) is 5.33. The molecule has 0 unspecified atom stereocenters. The molecule has 0 aliphatic carbocycles. The Morgan fingerprint density at radius 1 is 1.73 bits per heavy atom. The topological polar surface area (TPSA) is 33.1 Å². The van der Waals surface area contributed by atoms with Crippen LogP contribution in [0.2, 0.25) is 4.47 Å². The second-order valence-corrected chi connectivity index (χ2v) is 4.66. The molecule has 0 radical (unpaired) electrons. The molecule has 1 N–H and O–H groups in total. The number of halogens is 1. The normalized spacial score (nSPS) is 10.4. The van der Waals surface area contributed by atoms with Gasteiger partial charge in [-0.05, 0) is 0 Å². The number of aromatic nitrogens is 1. The van der Waals surface area contributed by atoms with Gasteiger partial charge >= 0.3 is 0 Å². The minimum Gasteiger partial charge on any atom is -0.396 e. The number of thioether (sulfide) groups is 1. The van der Waals surface area contributed by atoms with Crippen LogP contribution in [0.25, 0.3) is 0 Å². The Labute approximate surface area is 78.6 Å². The van der Waals surface area contributed by atoms with E-state index in [9.17, 15) is 0 Å². The van der Waals surface area contributed by atoms with Gasteiger partial charge in [0.2, 0.25) is 0 Å². The Hall–Kier alpha value is 0.230.